The van der Waals surface area contributed by atoms with Gasteiger partial charge in [-0.3, -0.25) is 9.59 Å². The highest BCUT2D eigenvalue weighted by molar-refractivity contribution is 8.01. The van der Waals surface area contributed by atoms with Gasteiger partial charge in [0.2, 0.25) is 11.8 Å². The van der Waals surface area contributed by atoms with Gasteiger partial charge in [0.15, 0.2) is 0 Å². The SMILES string of the molecule is Cc1ccc(CCC2CCN(C(=O)CC3Sc4ccccc4NC3=O)CC2)cc1. The van der Waals surface area contributed by atoms with Crippen molar-refractivity contribution in [1.29, 1.82) is 0 Å². The van der Waals surface area contributed by atoms with E-state index in [1.54, 1.807) is 0 Å². The number of rotatable bonds is 5. The van der Waals surface area contributed by atoms with Gasteiger partial charge in [-0.1, -0.05) is 42.0 Å². The molecule has 0 spiro atoms. The second-order valence-corrected chi connectivity index (χ2v) is 9.39. The predicted octanol–water partition coefficient (Wildman–Crippen LogP) is 4.67. The van der Waals surface area contributed by atoms with Gasteiger partial charge >= 0.3 is 0 Å². The van der Waals surface area contributed by atoms with Crippen LogP contribution in [0.4, 0.5) is 5.69 Å². The van der Waals surface area contributed by atoms with Crippen LogP contribution in [0.2, 0.25) is 0 Å². The molecule has 2 aromatic carbocycles. The van der Waals surface area contributed by atoms with Crippen molar-refractivity contribution < 1.29 is 9.59 Å². The number of anilines is 1. The minimum Gasteiger partial charge on any atom is -0.343 e. The Hall–Kier alpha value is -2.27. The molecule has 1 N–H and O–H groups in total. The second kappa shape index (κ2) is 9.04. The summed E-state index contributed by atoms with van der Waals surface area (Å²) < 4.78 is 0. The van der Waals surface area contributed by atoms with Gasteiger partial charge < -0.3 is 10.2 Å². The molecular weight excluding hydrogens is 380 g/mol. The molecule has 4 nitrogen and oxygen atoms in total. The number of carbonyl (C=O) groups is 2. The number of hydrogen-bond acceptors (Lipinski definition) is 3. The summed E-state index contributed by atoms with van der Waals surface area (Å²) in [5, 5.41) is 2.59. The molecule has 2 heterocycles. The zero-order valence-corrected chi connectivity index (χ0v) is 17.7. The molecule has 1 saturated heterocycles. The first kappa shape index (κ1) is 20.0. The average Bonchev–Trinajstić information content (AvgIpc) is 2.74. The highest BCUT2D eigenvalue weighted by Crippen LogP contribution is 2.37. The Morgan fingerprint density at radius 3 is 2.59 bits per heavy atom. The van der Waals surface area contributed by atoms with E-state index in [2.05, 4.69) is 36.5 Å². The first-order valence-electron chi connectivity index (χ1n) is 10.5. The maximum absolute atomic E-state index is 12.8. The summed E-state index contributed by atoms with van der Waals surface area (Å²) in [4.78, 5) is 28.1. The molecule has 2 aromatic rings. The van der Waals surface area contributed by atoms with Gasteiger partial charge in [-0.2, -0.15) is 0 Å². The van der Waals surface area contributed by atoms with E-state index in [-0.39, 0.29) is 23.5 Å². The van der Waals surface area contributed by atoms with E-state index in [0.717, 1.165) is 42.9 Å². The first-order chi connectivity index (χ1) is 14.1. The zero-order chi connectivity index (χ0) is 20.2. The Balaban J connectivity index is 1.24. The first-order valence-corrected chi connectivity index (χ1v) is 11.4. The molecule has 0 saturated carbocycles. The van der Waals surface area contributed by atoms with Crippen molar-refractivity contribution >= 4 is 29.3 Å². The maximum atomic E-state index is 12.8. The minimum absolute atomic E-state index is 0.0602. The third-order valence-corrected chi connectivity index (χ3v) is 7.27. The van der Waals surface area contributed by atoms with Crippen LogP contribution in [-0.2, 0) is 16.0 Å². The molecule has 4 rings (SSSR count). The van der Waals surface area contributed by atoms with E-state index in [1.165, 1.54) is 29.3 Å². The highest BCUT2D eigenvalue weighted by Gasteiger charge is 2.31. The highest BCUT2D eigenvalue weighted by atomic mass is 32.2. The monoisotopic (exact) mass is 408 g/mol. The summed E-state index contributed by atoms with van der Waals surface area (Å²) in [6, 6.07) is 16.6. The normalized spacial score (nSPS) is 19.6. The molecule has 1 fully saturated rings. The lowest BCUT2D eigenvalue weighted by Gasteiger charge is -2.33. The summed E-state index contributed by atoms with van der Waals surface area (Å²) in [5.74, 6) is 0.726. The summed E-state index contributed by atoms with van der Waals surface area (Å²) in [5.41, 5.74) is 3.55. The fraction of sp³-hybridized carbons (Fsp3) is 0.417. The van der Waals surface area contributed by atoms with E-state index in [0.29, 0.717) is 5.92 Å². The number of fused-ring (bicyclic) bond motifs is 1. The smallest absolute Gasteiger partial charge is 0.238 e. The Kier molecular flexibility index (Phi) is 6.24. The van der Waals surface area contributed by atoms with Crippen LogP contribution in [0.5, 0.6) is 0 Å². The van der Waals surface area contributed by atoms with Crippen molar-refractivity contribution in [1.82, 2.24) is 4.90 Å². The Labute approximate surface area is 177 Å². The molecule has 5 heteroatoms. The van der Waals surface area contributed by atoms with E-state index >= 15 is 0 Å². The van der Waals surface area contributed by atoms with Crippen LogP contribution < -0.4 is 5.32 Å². The lowest BCUT2D eigenvalue weighted by molar-refractivity contribution is -0.133. The summed E-state index contributed by atoms with van der Waals surface area (Å²) in [7, 11) is 0. The minimum atomic E-state index is -0.336. The van der Waals surface area contributed by atoms with Crippen LogP contribution >= 0.6 is 11.8 Å². The molecule has 2 aliphatic heterocycles. The van der Waals surface area contributed by atoms with Gasteiger partial charge in [0.1, 0.15) is 0 Å². The lowest BCUT2D eigenvalue weighted by Crippen LogP contribution is -2.41. The number of nitrogens with zero attached hydrogens (tertiary/aromatic N) is 1. The Morgan fingerprint density at radius 2 is 1.83 bits per heavy atom. The van der Waals surface area contributed by atoms with Crippen LogP contribution in [0, 0.1) is 12.8 Å². The zero-order valence-electron chi connectivity index (χ0n) is 16.9. The summed E-state index contributed by atoms with van der Waals surface area (Å²) in [6.45, 7) is 3.74. The number of piperidine rings is 1. The average molecular weight is 409 g/mol. The van der Waals surface area contributed by atoms with Crippen LogP contribution in [0.1, 0.15) is 36.8 Å². The standard InChI is InChI=1S/C24H28N2O2S/c1-17-6-8-18(9-7-17)10-11-19-12-14-26(15-13-19)23(27)16-22-24(28)25-20-4-2-3-5-21(20)29-22/h2-9,19,22H,10-16H2,1H3,(H,25,28). The molecule has 2 amide bonds. The number of thioether (sulfide) groups is 1. The van der Waals surface area contributed by atoms with Crippen molar-refractivity contribution in [3.8, 4) is 0 Å². The predicted molar refractivity (Wildman–Crippen MR) is 118 cm³/mol. The largest absolute Gasteiger partial charge is 0.343 e. The molecule has 152 valence electrons. The van der Waals surface area contributed by atoms with E-state index in [9.17, 15) is 9.59 Å². The number of nitrogens with one attached hydrogen (secondary N) is 1. The summed E-state index contributed by atoms with van der Waals surface area (Å²) in [6.07, 6.45) is 4.69. The Bertz CT molecular complexity index is 873. The number of para-hydroxylation sites is 1. The van der Waals surface area contributed by atoms with Crippen LogP contribution in [0.15, 0.2) is 53.4 Å². The number of aryl methyl sites for hydroxylation is 2. The lowest BCUT2D eigenvalue weighted by atomic mass is 9.90. The topological polar surface area (TPSA) is 49.4 Å². The van der Waals surface area contributed by atoms with Crippen molar-refractivity contribution in [2.75, 3.05) is 18.4 Å². The van der Waals surface area contributed by atoms with Crippen molar-refractivity contribution in [3.63, 3.8) is 0 Å². The maximum Gasteiger partial charge on any atom is 0.238 e. The summed E-state index contributed by atoms with van der Waals surface area (Å²) >= 11 is 1.51. The molecule has 2 aliphatic rings. The van der Waals surface area contributed by atoms with Gasteiger partial charge in [0, 0.05) is 24.4 Å². The second-order valence-electron chi connectivity index (χ2n) is 8.14. The Morgan fingerprint density at radius 1 is 1.10 bits per heavy atom. The number of hydrogen-bond donors (Lipinski definition) is 1. The molecule has 1 unspecified atom stereocenters. The van der Waals surface area contributed by atoms with Gasteiger partial charge in [-0.15, -0.1) is 11.8 Å². The molecule has 0 aliphatic carbocycles. The molecule has 0 radical (unpaired) electrons. The number of carbonyl (C=O) groups excluding carboxylic acids is 2. The number of likely N-dealkylation sites (tertiary alicyclic amines) is 1. The van der Waals surface area contributed by atoms with E-state index < -0.39 is 0 Å². The molecule has 0 bridgehead atoms. The number of amides is 2. The van der Waals surface area contributed by atoms with E-state index in [1.807, 2.05) is 29.2 Å². The number of benzene rings is 2. The third-order valence-electron chi connectivity index (χ3n) is 6.00. The molecule has 0 aromatic heterocycles. The molecule has 1 atom stereocenters. The molecule has 29 heavy (non-hydrogen) atoms. The van der Waals surface area contributed by atoms with Crippen molar-refractivity contribution in [3.05, 3.63) is 59.7 Å². The van der Waals surface area contributed by atoms with Gasteiger partial charge in [-0.05, 0) is 56.2 Å². The van der Waals surface area contributed by atoms with Crippen molar-refractivity contribution in [2.24, 2.45) is 5.92 Å². The van der Waals surface area contributed by atoms with Gasteiger partial charge in [-0.25, -0.2) is 0 Å². The fourth-order valence-electron chi connectivity index (χ4n) is 4.11. The quantitative estimate of drug-likeness (QED) is 0.782. The van der Waals surface area contributed by atoms with Gasteiger partial charge in [0.25, 0.3) is 0 Å². The van der Waals surface area contributed by atoms with Crippen LogP contribution in [0.25, 0.3) is 0 Å². The van der Waals surface area contributed by atoms with E-state index in [4.69, 9.17) is 0 Å². The van der Waals surface area contributed by atoms with Crippen LogP contribution in [-0.4, -0.2) is 35.1 Å². The van der Waals surface area contributed by atoms with Gasteiger partial charge in [0.05, 0.1) is 10.9 Å². The molecular formula is C24H28N2O2S. The van der Waals surface area contributed by atoms with Crippen LogP contribution in [0.3, 0.4) is 0 Å². The van der Waals surface area contributed by atoms with Crippen molar-refractivity contribution in [2.45, 2.75) is 49.2 Å². The fourth-order valence-corrected chi connectivity index (χ4v) is 5.21. The third kappa shape index (κ3) is 5.02.